The third kappa shape index (κ3) is 2.79. The van der Waals surface area contributed by atoms with Gasteiger partial charge in [0.1, 0.15) is 0 Å². The third-order valence-electron chi connectivity index (χ3n) is 2.96. The summed E-state index contributed by atoms with van der Waals surface area (Å²) >= 11 is 0. The van der Waals surface area contributed by atoms with E-state index in [0.29, 0.717) is 6.42 Å². The second-order valence-electron chi connectivity index (χ2n) is 5.28. The van der Waals surface area contributed by atoms with Gasteiger partial charge in [0.25, 0.3) is 5.92 Å². The van der Waals surface area contributed by atoms with Crippen molar-refractivity contribution in [1.82, 2.24) is 0 Å². The van der Waals surface area contributed by atoms with Crippen LogP contribution in [0.25, 0.3) is 0 Å². The van der Waals surface area contributed by atoms with Crippen LogP contribution in [-0.4, -0.2) is 5.92 Å². The van der Waals surface area contributed by atoms with Gasteiger partial charge in [0.05, 0.1) is 0 Å². The van der Waals surface area contributed by atoms with Crippen molar-refractivity contribution in [3.05, 3.63) is 12.2 Å². The summed E-state index contributed by atoms with van der Waals surface area (Å²) in [6.45, 7) is 5.71. The number of rotatable bonds is 0. The normalized spacial score (nSPS) is 30.5. The molecule has 2 heteroatoms. The van der Waals surface area contributed by atoms with E-state index in [1.54, 1.807) is 6.08 Å². The van der Waals surface area contributed by atoms with E-state index in [9.17, 15) is 8.78 Å². The van der Waals surface area contributed by atoms with Gasteiger partial charge in [0.2, 0.25) is 0 Å². The van der Waals surface area contributed by atoms with Gasteiger partial charge in [-0.3, -0.25) is 0 Å². The highest BCUT2D eigenvalue weighted by molar-refractivity contribution is 5.02. The molecule has 1 rings (SSSR count). The molecule has 82 valence electrons. The van der Waals surface area contributed by atoms with Gasteiger partial charge in [-0.2, -0.15) is 0 Å². The molecule has 0 aromatic rings. The zero-order chi connectivity index (χ0) is 10.8. The van der Waals surface area contributed by atoms with Gasteiger partial charge in [-0.1, -0.05) is 33.3 Å². The van der Waals surface area contributed by atoms with Crippen LogP contribution in [0.2, 0.25) is 0 Å². The summed E-state index contributed by atoms with van der Waals surface area (Å²) in [6, 6.07) is 0. The Balaban J connectivity index is 2.88. The first-order valence-corrected chi connectivity index (χ1v) is 5.39. The Kier molecular flexibility index (Phi) is 3.33. The molecule has 0 aromatic heterocycles. The van der Waals surface area contributed by atoms with E-state index in [1.807, 2.05) is 20.8 Å². The molecule has 0 radical (unpaired) electrons. The summed E-state index contributed by atoms with van der Waals surface area (Å²) in [4.78, 5) is 0. The number of alkyl halides is 2. The molecule has 0 saturated heterocycles. The fraction of sp³-hybridized carbons (Fsp3) is 0.833. The van der Waals surface area contributed by atoms with Gasteiger partial charge < -0.3 is 0 Å². The highest BCUT2D eigenvalue weighted by atomic mass is 19.3. The summed E-state index contributed by atoms with van der Waals surface area (Å²) in [7, 11) is 0. The second-order valence-corrected chi connectivity index (χ2v) is 5.28. The topological polar surface area (TPSA) is 0 Å². The highest BCUT2D eigenvalue weighted by Crippen LogP contribution is 2.43. The van der Waals surface area contributed by atoms with Crippen molar-refractivity contribution in [3.8, 4) is 0 Å². The molecule has 0 spiro atoms. The molecule has 0 saturated carbocycles. The lowest BCUT2D eigenvalue weighted by Crippen LogP contribution is -2.36. The van der Waals surface area contributed by atoms with E-state index in [2.05, 4.69) is 0 Å². The second kappa shape index (κ2) is 4.00. The van der Waals surface area contributed by atoms with Gasteiger partial charge >= 0.3 is 0 Å². The monoisotopic (exact) mass is 202 g/mol. The minimum atomic E-state index is -2.63. The summed E-state index contributed by atoms with van der Waals surface area (Å²) in [5, 5.41) is 0. The van der Waals surface area contributed by atoms with Crippen molar-refractivity contribution in [1.29, 1.82) is 0 Å². The van der Waals surface area contributed by atoms with E-state index >= 15 is 0 Å². The summed E-state index contributed by atoms with van der Waals surface area (Å²) < 4.78 is 27.4. The first-order valence-electron chi connectivity index (χ1n) is 5.39. The molecule has 0 aromatic carbocycles. The Hall–Kier alpha value is -0.400. The zero-order valence-electron chi connectivity index (χ0n) is 9.32. The van der Waals surface area contributed by atoms with Crippen LogP contribution in [0.4, 0.5) is 8.78 Å². The first kappa shape index (κ1) is 11.7. The fourth-order valence-corrected chi connectivity index (χ4v) is 2.17. The van der Waals surface area contributed by atoms with Crippen molar-refractivity contribution >= 4 is 0 Å². The molecule has 1 unspecified atom stereocenters. The molecule has 0 heterocycles. The van der Waals surface area contributed by atoms with E-state index in [0.717, 1.165) is 25.3 Å². The molecule has 0 N–H and O–H groups in total. The zero-order valence-corrected chi connectivity index (χ0v) is 9.32. The predicted octanol–water partition coefficient (Wildman–Crippen LogP) is 4.41. The fourth-order valence-electron chi connectivity index (χ4n) is 2.17. The van der Waals surface area contributed by atoms with Crippen LogP contribution in [0.15, 0.2) is 12.2 Å². The van der Waals surface area contributed by atoms with E-state index < -0.39 is 11.8 Å². The first-order chi connectivity index (χ1) is 6.34. The lowest BCUT2D eigenvalue weighted by molar-refractivity contribution is -0.0619. The lowest BCUT2D eigenvalue weighted by Gasteiger charge is -2.36. The van der Waals surface area contributed by atoms with Crippen molar-refractivity contribution < 1.29 is 8.78 Å². The maximum Gasteiger partial charge on any atom is 0.269 e. The average Bonchev–Trinajstić information content (AvgIpc) is 1.95. The van der Waals surface area contributed by atoms with Crippen LogP contribution >= 0.6 is 0 Å². The van der Waals surface area contributed by atoms with Crippen LogP contribution < -0.4 is 0 Å². The van der Waals surface area contributed by atoms with Crippen LogP contribution in [0.3, 0.4) is 0 Å². The number of halogens is 2. The average molecular weight is 202 g/mol. The largest absolute Gasteiger partial charge is 0.269 e. The molecule has 0 bridgehead atoms. The minimum Gasteiger partial charge on any atom is -0.202 e. The van der Waals surface area contributed by atoms with E-state index in [4.69, 9.17) is 0 Å². The lowest BCUT2D eigenvalue weighted by atomic mass is 9.73. The molecular weight excluding hydrogens is 182 g/mol. The minimum absolute atomic E-state index is 0.314. The molecule has 0 fully saturated rings. The van der Waals surface area contributed by atoms with Crippen molar-refractivity contribution in [2.24, 2.45) is 11.3 Å². The third-order valence-corrected chi connectivity index (χ3v) is 2.96. The number of allylic oxidation sites excluding steroid dienone is 2. The smallest absolute Gasteiger partial charge is 0.202 e. The summed E-state index contributed by atoms with van der Waals surface area (Å²) in [5.74, 6) is -3.15. The molecule has 14 heavy (non-hydrogen) atoms. The van der Waals surface area contributed by atoms with Gasteiger partial charge in [-0.15, -0.1) is 0 Å². The van der Waals surface area contributed by atoms with Crippen LogP contribution in [0.1, 0.15) is 46.5 Å². The summed E-state index contributed by atoms with van der Waals surface area (Å²) in [6.07, 6.45) is 6.15. The van der Waals surface area contributed by atoms with Gasteiger partial charge in [-0.05, 0) is 30.8 Å². The molecule has 0 aliphatic heterocycles. The molecule has 1 aliphatic rings. The van der Waals surface area contributed by atoms with Gasteiger partial charge in [-0.25, -0.2) is 8.78 Å². The number of hydrogen-bond donors (Lipinski definition) is 0. The molecule has 0 amide bonds. The van der Waals surface area contributed by atoms with Crippen LogP contribution in [0, 0.1) is 11.3 Å². The van der Waals surface area contributed by atoms with Crippen molar-refractivity contribution in [2.75, 3.05) is 0 Å². The van der Waals surface area contributed by atoms with Crippen molar-refractivity contribution in [2.45, 2.75) is 52.4 Å². The molecule has 1 aliphatic carbocycles. The Bertz CT molecular complexity index is 211. The molecule has 1 atom stereocenters. The Morgan fingerprint density at radius 3 is 2.43 bits per heavy atom. The van der Waals surface area contributed by atoms with Crippen molar-refractivity contribution in [3.63, 3.8) is 0 Å². The predicted molar refractivity (Wildman–Crippen MR) is 55.5 cm³/mol. The highest BCUT2D eigenvalue weighted by Gasteiger charge is 2.43. The van der Waals surface area contributed by atoms with Crippen LogP contribution in [-0.2, 0) is 0 Å². The standard InChI is InChI=1S/C12H20F2/c1-11(2,3)10-8-6-4-5-7-9-12(10,13)14/h7,9-10H,4-6,8H2,1-3H3/b9-7-. The van der Waals surface area contributed by atoms with Crippen LogP contribution in [0.5, 0.6) is 0 Å². The summed E-state index contributed by atoms with van der Waals surface area (Å²) in [5.41, 5.74) is -0.314. The number of hydrogen-bond acceptors (Lipinski definition) is 0. The Morgan fingerprint density at radius 1 is 1.21 bits per heavy atom. The molecular formula is C12H20F2. The Morgan fingerprint density at radius 2 is 1.86 bits per heavy atom. The van der Waals surface area contributed by atoms with E-state index in [1.165, 1.54) is 0 Å². The maximum atomic E-state index is 13.7. The molecule has 0 nitrogen and oxygen atoms in total. The van der Waals surface area contributed by atoms with Gasteiger partial charge in [0.15, 0.2) is 0 Å². The Labute approximate surface area is 85.4 Å². The SMILES string of the molecule is CC(C)(C)C1CCCC/C=C\C1(F)F. The van der Waals surface area contributed by atoms with Gasteiger partial charge in [0, 0.05) is 5.92 Å². The quantitative estimate of drug-likeness (QED) is 0.510. The van der Waals surface area contributed by atoms with E-state index in [-0.39, 0.29) is 5.41 Å². The maximum absolute atomic E-state index is 13.7.